The Labute approximate surface area is 149 Å². The average molecular weight is 438 g/mol. The highest BCUT2D eigenvalue weighted by molar-refractivity contribution is 5.15. The van der Waals surface area contributed by atoms with E-state index in [1.807, 2.05) is 0 Å². The normalized spacial score (nSPS) is 15.0. The highest BCUT2D eigenvalue weighted by Gasteiger charge is 2.90. The first-order chi connectivity index (χ1) is 12.3. The Bertz CT molecular complexity index is 646. The van der Waals surface area contributed by atoms with Crippen LogP contribution in [-0.2, 0) is 6.42 Å². The van der Waals surface area contributed by atoms with Crippen molar-refractivity contribution >= 4 is 0 Å². The van der Waals surface area contributed by atoms with E-state index in [0.717, 1.165) is 0 Å². The summed E-state index contributed by atoms with van der Waals surface area (Å²) in [5.41, 5.74) is 0.280. The maximum absolute atomic E-state index is 13.5. The lowest BCUT2D eigenvalue weighted by molar-refractivity contribution is -0.440. The van der Waals surface area contributed by atoms with Gasteiger partial charge in [-0.3, -0.25) is 0 Å². The Hall–Kier alpha value is -1.69. The fourth-order valence-electron chi connectivity index (χ4n) is 2.12. The molecule has 13 heteroatoms. The molecule has 28 heavy (non-hydrogen) atoms. The molecule has 0 saturated heterocycles. The number of hydrogen-bond acceptors (Lipinski definition) is 0. The zero-order valence-corrected chi connectivity index (χ0v) is 13.4. The van der Waals surface area contributed by atoms with Gasteiger partial charge in [0.25, 0.3) is 0 Å². The van der Waals surface area contributed by atoms with Crippen molar-refractivity contribution in [3.63, 3.8) is 0 Å². The zero-order chi connectivity index (χ0) is 22.2. The highest BCUT2D eigenvalue weighted by Crippen LogP contribution is 2.60. The van der Waals surface area contributed by atoms with Crippen LogP contribution in [0.1, 0.15) is 18.4 Å². The van der Waals surface area contributed by atoms with Crippen molar-refractivity contribution in [2.45, 2.75) is 55.1 Å². The first kappa shape index (κ1) is 24.3. The molecule has 1 aromatic rings. The monoisotopic (exact) mass is 438 g/mol. The minimum atomic E-state index is -7.84. The Morgan fingerprint density at radius 3 is 1.39 bits per heavy atom. The van der Waals surface area contributed by atoms with Gasteiger partial charge in [-0.1, -0.05) is 30.3 Å². The van der Waals surface area contributed by atoms with Crippen LogP contribution >= 0.6 is 0 Å². The fraction of sp³-hybridized carbons (Fsp3) is 0.600. The molecule has 0 fully saturated rings. The standard InChI is InChI=1S/C15H11F13/c16-10(17,8-4-7-9-5-2-1-3-6-9)11(18,19)12(20,21)13(22,23)14(24,25)15(26,27)28/h1-3,5-6H,4,7-8H2. The Balaban J connectivity index is 3.11. The number of rotatable bonds is 8. The molecule has 1 aromatic carbocycles. The van der Waals surface area contributed by atoms with Gasteiger partial charge in [-0.2, -0.15) is 57.1 Å². The molecule has 0 aliphatic rings. The number of halogens is 13. The summed E-state index contributed by atoms with van der Waals surface area (Å²) < 4.78 is 168. The molecule has 0 aliphatic carbocycles. The molecular formula is C15H11F13. The van der Waals surface area contributed by atoms with Gasteiger partial charge in [0, 0.05) is 6.42 Å². The molecule has 1 rings (SSSR count). The Kier molecular flexibility index (Phi) is 6.34. The van der Waals surface area contributed by atoms with Crippen molar-refractivity contribution in [1.82, 2.24) is 0 Å². The molecule has 162 valence electrons. The molecule has 0 N–H and O–H groups in total. The minimum Gasteiger partial charge on any atom is -0.200 e. The predicted molar refractivity (Wildman–Crippen MR) is 70.2 cm³/mol. The molecule has 0 saturated carbocycles. The summed E-state index contributed by atoms with van der Waals surface area (Å²) >= 11 is 0. The van der Waals surface area contributed by atoms with Crippen molar-refractivity contribution < 1.29 is 57.1 Å². The van der Waals surface area contributed by atoms with Crippen LogP contribution in [-0.4, -0.2) is 35.8 Å². The molecule has 0 radical (unpaired) electrons. The van der Waals surface area contributed by atoms with Crippen molar-refractivity contribution in [1.29, 1.82) is 0 Å². The van der Waals surface area contributed by atoms with E-state index in [2.05, 4.69) is 0 Å². The van der Waals surface area contributed by atoms with Crippen LogP contribution in [0.15, 0.2) is 30.3 Å². The third-order valence-electron chi connectivity index (χ3n) is 3.80. The summed E-state index contributed by atoms with van der Waals surface area (Å²) in [7, 11) is 0. The zero-order valence-electron chi connectivity index (χ0n) is 13.4. The SMILES string of the molecule is FC(F)(F)C(F)(F)C(F)(F)C(F)(F)C(F)(F)C(F)(F)CCCc1ccccc1. The summed E-state index contributed by atoms with van der Waals surface area (Å²) in [6.45, 7) is 0. The van der Waals surface area contributed by atoms with E-state index < -0.39 is 55.1 Å². The molecule has 0 unspecified atom stereocenters. The van der Waals surface area contributed by atoms with Gasteiger partial charge in [0.15, 0.2) is 0 Å². The average Bonchev–Trinajstić information content (AvgIpc) is 2.53. The Morgan fingerprint density at radius 1 is 0.536 bits per heavy atom. The highest BCUT2D eigenvalue weighted by atomic mass is 19.4. The van der Waals surface area contributed by atoms with Crippen molar-refractivity contribution in [3.05, 3.63) is 35.9 Å². The summed E-state index contributed by atoms with van der Waals surface area (Å²) in [5, 5.41) is 0. The number of aryl methyl sites for hydroxylation is 1. The second-order valence-electron chi connectivity index (χ2n) is 5.84. The summed E-state index contributed by atoms with van der Waals surface area (Å²) in [6, 6.07) is 6.99. The van der Waals surface area contributed by atoms with Crippen molar-refractivity contribution in [2.24, 2.45) is 0 Å². The second-order valence-corrected chi connectivity index (χ2v) is 5.84. The molecule has 0 spiro atoms. The van der Waals surface area contributed by atoms with Crippen LogP contribution in [0.2, 0.25) is 0 Å². The third kappa shape index (κ3) is 3.88. The number of hydrogen-bond donors (Lipinski definition) is 0. The van der Waals surface area contributed by atoms with Gasteiger partial charge in [0.1, 0.15) is 0 Å². The number of benzene rings is 1. The van der Waals surface area contributed by atoms with E-state index in [-0.39, 0.29) is 5.56 Å². The lowest BCUT2D eigenvalue weighted by Crippen LogP contribution is -2.70. The molecular weight excluding hydrogens is 427 g/mol. The first-order valence-corrected chi connectivity index (χ1v) is 7.32. The third-order valence-corrected chi connectivity index (χ3v) is 3.80. The number of alkyl halides is 13. The van der Waals surface area contributed by atoms with Gasteiger partial charge >= 0.3 is 35.8 Å². The van der Waals surface area contributed by atoms with Gasteiger partial charge in [0.05, 0.1) is 0 Å². The molecule has 0 aromatic heterocycles. The van der Waals surface area contributed by atoms with Crippen LogP contribution in [0.3, 0.4) is 0 Å². The summed E-state index contributed by atoms with van der Waals surface area (Å²) in [6.07, 6.45) is -10.9. The van der Waals surface area contributed by atoms with Gasteiger partial charge in [-0.15, -0.1) is 0 Å². The maximum Gasteiger partial charge on any atom is 0.460 e. The Morgan fingerprint density at radius 2 is 0.964 bits per heavy atom. The van der Waals surface area contributed by atoms with Gasteiger partial charge < -0.3 is 0 Å². The fourth-order valence-corrected chi connectivity index (χ4v) is 2.12. The molecule has 0 atom stereocenters. The van der Waals surface area contributed by atoms with Crippen LogP contribution < -0.4 is 0 Å². The quantitative estimate of drug-likeness (QED) is 0.394. The summed E-state index contributed by atoms with van der Waals surface area (Å²) in [4.78, 5) is 0. The summed E-state index contributed by atoms with van der Waals surface area (Å²) in [5.74, 6) is -36.4. The van der Waals surface area contributed by atoms with E-state index in [0.29, 0.717) is 0 Å². The minimum absolute atomic E-state index is 0.280. The van der Waals surface area contributed by atoms with Crippen LogP contribution in [0.5, 0.6) is 0 Å². The van der Waals surface area contributed by atoms with Crippen LogP contribution in [0, 0.1) is 0 Å². The second kappa shape index (κ2) is 7.29. The molecule has 0 amide bonds. The van der Waals surface area contributed by atoms with E-state index in [1.165, 1.54) is 30.3 Å². The van der Waals surface area contributed by atoms with E-state index in [4.69, 9.17) is 0 Å². The van der Waals surface area contributed by atoms with Crippen LogP contribution in [0.25, 0.3) is 0 Å². The molecule has 0 bridgehead atoms. The predicted octanol–water partition coefficient (Wildman–Crippen LogP) is 6.75. The molecule has 0 nitrogen and oxygen atoms in total. The lowest BCUT2D eigenvalue weighted by Gasteiger charge is -2.39. The van der Waals surface area contributed by atoms with E-state index >= 15 is 0 Å². The first-order valence-electron chi connectivity index (χ1n) is 7.32. The van der Waals surface area contributed by atoms with E-state index in [1.54, 1.807) is 0 Å². The van der Waals surface area contributed by atoms with Crippen LogP contribution in [0.4, 0.5) is 57.1 Å². The maximum atomic E-state index is 13.5. The van der Waals surface area contributed by atoms with Crippen molar-refractivity contribution in [3.8, 4) is 0 Å². The molecule has 0 aliphatic heterocycles. The van der Waals surface area contributed by atoms with Gasteiger partial charge in [0.2, 0.25) is 0 Å². The lowest BCUT2D eigenvalue weighted by atomic mass is 9.91. The topological polar surface area (TPSA) is 0 Å². The van der Waals surface area contributed by atoms with Gasteiger partial charge in [-0.05, 0) is 18.4 Å². The van der Waals surface area contributed by atoms with Gasteiger partial charge in [-0.25, -0.2) is 0 Å². The smallest absolute Gasteiger partial charge is 0.200 e. The molecule has 0 heterocycles. The van der Waals surface area contributed by atoms with Crippen molar-refractivity contribution in [2.75, 3.05) is 0 Å². The largest absolute Gasteiger partial charge is 0.460 e. The van der Waals surface area contributed by atoms with E-state index in [9.17, 15) is 57.1 Å².